The van der Waals surface area contributed by atoms with E-state index in [-0.39, 0.29) is 30.1 Å². The Hall–Kier alpha value is -2.15. The minimum absolute atomic E-state index is 0.0937. The number of nitrogens with two attached hydrogens (primary N) is 1. The number of hydrogen-bond donors (Lipinski definition) is 2. The molecular formula is C15H21N5O2. The molecule has 1 aliphatic carbocycles. The van der Waals surface area contributed by atoms with Crippen LogP contribution in [0.1, 0.15) is 26.2 Å². The molecule has 0 aromatic carbocycles. The van der Waals surface area contributed by atoms with Crippen LogP contribution in [0, 0.1) is 5.92 Å². The van der Waals surface area contributed by atoms with Crippen molar-refractivity contribution in [2.45, 2.75) is 38.3 Å². The summed E-state index contributed by atoms with van der Waals surface area (Å²) in [6.07, 6.45) is 4.10. The summed E-state index contributed by atoms with van der Waals surface area (Å²) in [6, 6.07) is 5.35. The van der Waals surface area contributed by atoms with E-state index in [4.69, 9.17) is 5.73 Å². The van der Waals surface area contributed by atoms with Crippen LogP contribution in [0.5, 0.6) is 0 Å². The topological polar surface area (TPSA) is 94.4 Å². The second-order valence-corrected chi connectivity index (χ2v) is 6.13. The van der Waals surface area contributed by atoms with Crippen LogP contribution in [0.15, 0.2) is 29.2 Å². The van der Waals surface area contributed by atoms with Crippen LogP contribution in [0.2, 0.25) is 0 Å². The van der Waals surface area contributed by atoms with Crippen molar-refractivity contribution in [1.82, 2.24) is 19.5 Å². The van der Waals surface area contributed by atoms with E-state index in [1.54, 1.807) is 18.3 Å². The fourth-order valence-electron chi connectivity index (χ4n) is 2.74. The molecule has 0 spiro atoms. The predicted octanol–water partition coefficient (Wildman–Crippen LogP) is 0.130. The van der Waals surface area contributed by atoms with Crippen LogP contribution in [-0.2, 0) is 11.3 Å². The Morgan fingerprint density at radius 1 is 1.50 bits per heavy atom. The fraction of sp³-hybridized carbons (Fsp3) is 0.533. The van der Waals surface area contributed by atoms with Gasteiger partial charge < -0.3 is 11.1 Å². The number of carbonyl (C=O) groups is 1. The third-order valence-electron chi connectivity index (χ3n) is 4.37. The van der Waals surface area contributed by atoms with Crippen molar-refractivity contribution in [1.29, 1.82) is 0 Å². The number of aryl methyl sites for hydroxylation is 1. The van der Waals surface area contributed by atoms with Gasteiger partial charge in [-0.2, -0.15) is 0 Å². The minimum atomic E-state index is -0.332. The first-order valence-corrected chi connectivity index (χ1v) is 7.59. The molecule has 1 fully saturated rings. The van der Waals surface area contributed by atoms with E-state index in [2.05, 4.69) is 10.4 Å². The zero-order valence-electron chi connectivity index (χ0n) is 12.7. The maximum atomic E-state index is 12.1. The third kappa shape index (κ3) is 2.76. The van der Waals surface area contributed by atoms with Crippen LogP contribution >= 0.6 is 0 Å². The zero-order chi connectivity index (χ0) is 15.7. The number of nitrogens with zero attached hydrogens (tertiary/aromatic N) is 3. The first-order chi connectivity index (χ1) is 10.5. The molecule has 0 aliphatic heterocycles. The van der Waals surface area contributed by atoms with E-state index in [1.165, 1.54) is 9.08 Å². The summed E-state index contributed by atoms with van der Waals surface area (Å²) in [6.45, 7) is 2.68. The Balaban J connectivity index is 1.65. The molecule has 3 N–H and O–H groups in total. The molecular weight excluding hydrogens is 282 g/mol. The third-order valence-corrected chi connectivity index (χ3v) is 4.37. The Labute approximate surface area is 128 Å². The maximum Gasteiger partial charge on any atom is 0.350 e. The summed E-state index contributed by atoms with van der Waals surface area (Å²) in [4.78, 5) is 24.2. The molecule has 2 aromatic rings. The summed E-state index contributed by atoms with van der Waals surface area (Å²) in [5.74, 6) is 0.378. The molecule has 0 bridgehead atoms. The molecule has 3 rings (SSSR count). The molecule has 2 aromatic heterocycles. The molecule has 1 atom stereocenters. The van der Waals surface area contributed by atoms with Gasteiger partial charge in [0.2, 0.25) is 5.91 Å². The summed E-state index contributed by atoms with van der Waals surface area (Å²) >= 11 is 0. The molecule has 7 heteroatoms. The molecule has 1 amide bonds. The van der Waals surface area contributed by atoms with Crippen molar-refractivity contribution in [3.63, 3.8) is 0 Å². The summed E-state index contributed by atoms with van der Waals surface area (Å²) < 4.78 is 2.79. The van der Waals surface area contributed by atoms with Gasteiger partial charge in [0.05, 0.1) is 12.1 Å². The Bertz CT molecular complexity index is 746. The van der Waals surface area contributed by atoms with Crippen molar-refractivity contribution in [2.75, 3.05) is 6.54 Å². The zero-order valence-corrected chi connectivity index (χ0v) is 12.7. The molecule has 2 heterocycles. The standard InChI is InChI=1S/C15H21N5O2/c1-15(10-16,11-5-6-11)17-13(21)7-9-20-14(22)19-8-3-2-4-12(19)18-20/h2-4,8,11H,5-7,9-10,16H2,1H3,(H,17,21). The van der Waals surface area contributed by atoms with Crippen LogP contribution in [0.4, 0.5) is 0 Å². The van der Waals surface area contributed by atoms with Gasteiger partial charge in [0.15, 0.2) is 5.65 Å². The Morgan fingerprint density at radius 2 is 2.27 bits per heavy atom. The van der Waals surface area contributed by atoms with Gasteiger partial charge in [0.1, 0.15) is 0 Å². The van der Waals surface area contributed by atoms with Gasteiger partial charge in [0, 0.05) is 19.2 Å². The van der Waals surface area contributed by atoms with Crippen molar-refractivity contribution in [3.05, 3.63) is 34.9 Å². The van der Waals surface area contributed by atoms with Gasteiger partial charge in [-0.15, -0.1) is 5.10 Å². The molecule has 0 radical (unpaired) electrons. The number of nitrogens with one attached hydrogen (secondary N) is 1. The highest BCUT2D eigenvalue weighted by Crippen LogP contribution is 2.38. The number of amides is 1. The van der Waals surface area contributed by atoms with Crippen LogP contribution in [0.25, 0.3) is 5.65 Å². The SMILES string of the molecule is CC(CN)(NC(=O)CCn1nc2ccccn2c1=O)C1CC1. The van der Waals surface area contributed by atoms with Crippen molar-refractivity contribution in [3.8, 4) is 0 Å². The van der Waals surface area contributed by atoms with E-state index < -0.39 is 0 Å². The van der Waals surface area contributed by atoms with Crippen LogP contribution in [0.3, 0.4) is 0 Å². The number of carbonyl (C=O) groups excluding carboxylic acids is 1. The molecule has 22 heavy (non-hydrogen) atoms. The first-order valence-electron chi connectivity index (χ1n) is 7.59. The lowest BCUT2D eigenvalue weighted by atomic mass is 9.96. The van der Waals surface area contributed by atoms with Crippen molar-refractivity contribution >= 4 is 11.6 Å². The van der Waals surface area contributed by atoms with Gasteiger partial charge in [-0.25, -0.2) is 9.48 Å². The highest BCUT2D eigenvalue weighted by molar-refractivity contribution is 5.76. The smallest absolute Gasteiger partial charge is 0.349 e. The number of rotatable bonds is 6. The largest absolute Gasteiger partial charge is 0.350 e. The van der Waals surface area contributed by atoms with E-state index in [0.717, 1.165) is 12.8 Å². The average Bonchev–Trinajstić information content (AvgIpc) is 3.32. The Morgan fingerprint density at radius 3 is 2.91 bits per heavy atom. The number of hydrogen-bond acceptors (Lipinski definition) is 4. The van der Waals surface area contributed by atoms with Crippen LogP contribution in [-0.4, -0.2) is 32.2 Å². The maximum absolute atomic E-state index is 12.1. The van der Waals surface area contributed by atoms with Gasteiger partial charge in [-0.3, -0.25) is 9.20 Å². The monoisotopic (exact) mass is 303 g/mol. The van der Waals surface area contributed by atoms with Crippen molar-refractivity contribution < 1.29 is 4.79 Å². The second-order valence-electron chi connectivity index (χ2n) is 6.13. The van der Waals surface area contributed by atoms with E-state index in [1.807, 2.05) is 13.0 Å². The quantitative estimate of drug-likeness (QED) is 0.793. The molecule has 1 saturated carbocycles. The molecule has 118 valence electrons. The van der Waals surface area contributed by atoms with E-state index in [9.17, 15) is 9.59 Å². The van der Waals surface area contributed by atoms with Gasteiger partial charge >= 0.3 is 5.69 Å². The minimum Gasteiger partial charge on any atom is -0.349 e. The van der Waals surface area contributed by atoms with Crippen LogP contribution < -0.4 is 16.7 Å². The van der Waals surface area contributed by atoms with Crippen molar-refractivity contribution in [2.24, 2.45) is 11.7 Å². The lowest BCUT2D eigenvalue weighted by Crippen LogP contribution is -2.53. The lowest BCUT2D eigenvalue weighted by Gasteiger charge is -2.29. The highest BCUT2D eigenvalue weighted by Gasteiger charge is 2.41. The number of pyridine rings is 1. The molecule has 0 saturated heterocycles. The fourth-order valence-corrected chi connectivity index (χ4v) is 2.74. The van der Waals surface area contributed by atoms with E-state index in [0.29, 0.717) is 18.1 Å². The highest BCUT2D eigenvalue weighted by atomic mass is 16.2. The number of aromatic nitrogens is 3. The van der Waals surface area contributed by atoms with Gasteiger partial charge in [-0.1, -0.05) is 6.07 Å². The van der Waals surface area contributed by atoms with E-state index >= 15 is 0 Å². The number of fused-ring (bicyclic) bond motifs is 1. The second kappa shape index (κ2) is 5.57. The van der Waals surface area contributed by atoms with Gasteiger partial charge in [0.25, 0.3) is 0 Å². The summed E-state index contributed by atoms with van der Waals surface area (Å²) in [5, 5.41) is 7.23. The summed E-state index contributed by atoms with van der Waals surface area (Å²) in [7, 11) is 0. The molecule has 1 unspecified atom stereocenters. The Kier molecular flexibility index (Phi) is 3.74. The lowest BCUT2D eigenvalue weighted by molar-refractivity contribution is -0.123. The molecule has 7 nitrogen and oxygen atoms in total. The normalized spacial score (nSPS) is 17.4. The molecule has 1 aliphatic rings. The summed E-state index contributed by atoms with van der Waals surface area (Å²) in [5.41, 5.74) is 5.81. The average molecular weight is 303 g/mol. The predicted molar refractivity (Wildman–Crippen MR) is 82.4 cm³/mol. The van der Waals surface area contributed by atoms with Gasteiger partial charge in [-0.05, 0) is 37.8 Å². The first kappa shape index (κ1) is 14.8.